The van der Waals surface area contributed by atoms with Crippen molar-refractivity contribution in [3.63, 3.8) is 0 Å². The number of carbonyl (C=O) groups excluding carboxylic acids is 1. The maximum atomic E-state index is 13.8. The van der Waals surface area contributed by atoms with Crippen molar-refractivity contribution in [2.24, 2.45) is 0 Å². The van der Waals surface area contributed by atoms with Crippen molar-refractivity contribution in [1.82, 2.24) is 4.90 Å². The first-order chi connectivity index (χ1) is 10.1. The molecule has 0 aliphatic carbocycles. The van der Waals surface area contributed by atoms with Crippen LogP contribution in [0, 0.1) is 5.82 Å². The average Bonchev–Trinajstić information content (AvgIpc) is 2.50. The maximum Gasteiger partial charge on any atom is 0.227 e. The molecule has 0 saturated carbocycles. The molecule has 0 unspecified atom stereocenters. The summed E-state index contributed by atoms with van der Waals surface area (Å²) in [7, 11) is 0. The van der Waals surface area contributed by atoms with Crippen LogP contribution in [0.1, 0.15) is 16.7 Å². The van der Waals surface area contributed by atoms with Crippen LogP contribution in [0.3, 0.4) is 0 Å². The lowest BCUT2D eigenvalue weighted by atomic mass is 9.99. The molecule has 0 saturated heterocycles. The summed E-state index contributed by atoms with van der Waals surface area (Å²) in [4.78, 5) is 14.2. The van der Waals surface area contributed by atoms with Gasteiger partial charge in [0.2, 0.25) is 5.91 Å². The van der Waals surface area contributed by atoms with E-state index in [1.54, 1.807) is 17.0 Å². The van der Waals surface area contributed by atoms with E-state index in [-0.39, 0.29) is 17.9 Å². The molecule has 21 heavy (non-hydrogen) atoms. The Morgan fingerprint density at radius 2 is 1.90 bits per heavy atom. The highest BCUT2D eigenvalue weighted by atomic mass is 35.5. The summed E-state index contributed by atoms with van der Waals surface area (Å²) in [6, 6.07) is 12.6. The molecule has 2 nitrogen and oxygen atoms in total. The van der Waals surface area contributed by atoms with E-state index in [9.17, 15) is 9.18 Å². The lowest BCUT2D eigenvalue weighted by molar-refractivity contribution is -0.131. The fourth-order valence-corrected chi connectivity index (χ4v) is 2.90. The minimum atomic E-state index is -0.423. The molecule has 2 aromatic rings. The summed E-state index contributed by atoms with van der Waals surface area (Å²) in [6.45, 7) is 1.25. The molecule has 108 valence electrons. The number of benzene rings is 2. The highest BCUT2D eigenvalue weighted by Crippen LogP contribution is 2.23. The second kappa shape index (κ2) is 5.86. The molecule has 0 aromatic heterocycles. The van der Waals surface area contributed by atoms with Gasteiger partial charge in [0.25, 0.3) is 0 Å². The zero-order valence-corrected chi connectivity index (χ0v) is 12.2. The summed E-state index contributed by atoms with van der Waals surface area (Å²) < 4.78 is 13.8. The van der Waals surface area contributed by atoms with Gasteiger partial charge in [0, 0.05) is 23.7 Å². The fourth-order valence-electron chi connectivity index (χ4n) is 2.67. The molecule has 1 aliphatic heterocycles. The van der Waals surface area contributed by atoms with Crippen molar-refractivity contribution in [3.8, 4) is 0 Å². The van der Waals surface area contributed by atoms with E-state index in [0.717, 1.165) is 12.0 Å². The van der Waals surface area contributed by atoms with Crippen LogP contribution in [0.4, 0.5) is 4.39 Å². The molecule has 0 N–H and O–H groups in total. The number of halogens is 2. The van der Waals surface area contributed by atoms with Gasteiger partial charge >= 0.3 is 0 Å². The van der Waals surface area contributed by atoms with Gasteiger partial charge in [-0.05, 0) is 29.7 Å². The van der Waals surface area contributed by atoms with E-state index in [1.165, 1.54) is 11.6 Å². The van der Waals surface area contributed by atoms with Gasteiger partial charge in [-0.3, -0.25) is 4.79 Å². The first-order valence-corrected chi connectivity index (χ1v) is 7.30. The van der Waals surface area contributed by atoms with Crippen molar-refractivity contribution in [2.45, 2.75) is 19.4 Å². The zero-order chi connectivity index (χ0) is 14.8. The fraction of sp³-hybridized carbons (Fsp3) is 0.235. The van der Waals surface area contributed by atoms with Crippen LogP contribution in [0.25, 0.3) is 0 Å². The molecule has 0 spiro atoms. The largest absolute Gasteiger partial charge is 0.338 e. The third-order valence-corrected chi connectivity index (χ3v) is 4.23. The number of nitrogens with zero attached hydrogens (tertiary/aromatic N) is 1. The van der Waals surface area contributed by atoms with Crippen LogP contribution in [0.15, 0.2) is 42.5 Å². The summed E-state index contributed by atoms with van der Waals surface area (Å²) in [5.74, 6) is -0.509. The molecule has 0 fully saturated rings. The minimum absolute atomic E-state index is 0.00761. The zero-order valence-electron chi connectivity index (χ0n) is 11.5. The first kappa shape index (κ1) is 14.1. The van der Waals surface area contributed by atoms with Gasteiger partial charge in [-0.1, -0.05) is 41.9 Å². The van der Waals surface area contributed by atoms with E-state index in [0.29, 0.717) is 18.1 Å². The van der Waals surface area contributed by atoms with Crippen molar-refractivity contribution < 1.29 is 9.18 Å². The Kier molecular flexibility index (Phi) is 3.93. The monoisotopic (exact) mass is 303 g/mol. The number of hydrogen-bond acceptors (Lipinski definition) is 1. The summed E-state index contributed by atoms with van der Waals surface area (Å²) in [5.41, 5.74) is 2.73. The molecule has 1 amide bonds. The van der Waals surface area contributed by atoms with E-state index in [1.807, 2.05) is 18.2 Å². The molecule has 2 aromatic carbocycles. The SMILES string of the molecule is O=C(Cc1c(F)cccc1Cl)N1CCc2ccccc2C1. The van der Waals surface area contributed by atoms with Gasteiger partial charge in [-0.15, -0.1) is 0 Å². The van der Waals surface area contributed by atoms with Crippen LogP contribution < -0.4 is 0 Å². The molecule has 0 radical (unpaired) electrons. The second-order valence-corrected chi connectivity index (χ2v) is 5.62. The van der Waals surface area contributed by atoms with Gasteiger partial charge < -0.3 is 4.90 Å². The molecule has 3 rings (SSSR count). The van der Waals surface area contributed by atoms with Gasteiger partial charge in [-0.2, -0.15) is 0 Å². The third-order valence-electron chi connectivity index (χ3n) is 3.87. The lowest BCUT2D eigenvalue weighted by Gasteiger charge is -2.29. The molecule has 0 atom stereocenters. The third kappa shape index (κ3) is 2.93. The second-order valence-electron chi connectivity index (χ2n) is 5.21. The standard InChI is InChI=1S/C17H15ClFNO/c18-15-6-3-7-16(19)14(15)10-17(21)20-9-8-12-4-1-2-5-13(12)11-20/h1-7H,8-11H2. The smallest absolute Gasteiger partial charge is 0.227 e. The van der Waals surface area contributed by atoms with Gasteiger partial charge in [0.05, 0.1) is 6.42 Å². The highest BCUT2D eigenvalue weighted by Gasteiger charge is 2.22. The van der Waals surface area contributed by atoms with Crippen LogP contribution in [-0.2, 0) is 24.2 Å². The molecule has 4 heteroatoms. The predicted octanol–water partition coefficient (Wildman–Crippen LogP) is 3.61. The average molecular weight is 304 g/mol. The Morgan fingerprint density at radius 1 is 1.14 bits per heavy atom. The van der Waals surface area contributed by atoms with Crippen LogP contribution in [-0.4, -0.2) is 17.4 Å². The quantitative estimate of drug-likeness (QED) is 0.830. The summed E-state index contributed by atoms with van der Waals surface area (Å²) >= 11 is 5.98. The summed E-state index contributed by atoms with van der Waals surface area (Å²) in [6.07, 6.45) is 0.848. The Bertz CT molecular complexity index is 666. The van der Waals surface area contributed by atoms with Crippen LogP contribution in [0.5, 0.6) is 0 Å². The Labute approximate surface area is 128 Å². The molecule has 1 heterocycles. The van der Waals surface area contributed by atoms with Gasteiger partial charge in [0.1, 0.15) is 5.82 Å². The first-order valence-electron chi connectivity index (χ1n) is 6.92. The Balaban J connectivity index is 1.76. The number of carbonyl (C=O) groups is 1. The van der Waals surface area contributed by atoms with Crippen molar-refractivity contribution >= 4 is 17.5 Å². The van der Waals surface area contributed by atoms with E-state index < -0.39 is 5.82 Å². The van der Waals surface area contributed by atoms with Crippen molar-refractivity contribution in [3.05, 3.63) is 70.0 Å². The highest BCUT2D eigenvalue weighted by molar-refractivity contribution is 6.31. The van der Waals surface area contributed by atoms with Gasteiger partial charge in [-0.25, -0.2) is 4.39 Å². The van der Waals surface area contributed by atoms with Crippen molar-refractivity contribution in [1.29, 1.82) is 0 Å². The minimum Gasteiger partial charge on any atom is -0.338 e. The topological polar surface area (TPSA) is 20.3 Å². The number of hydrogen-bond donors (Lipinski definition) is 0. The number of rotatable bonds is 2. The Morgan fingerprint density at radius 3 is 2.67 bits per heavy atom. The molecule has 1 aliphatic rings. The van der Waals surface area contributed by atoms with E-state index >= 15 is 0 Å². The van der Waals surface area contributed by atoms with Crippen LogP contribution >= 0.6 is 11.6 Å². The molecule has 0 bridgehead atoms. The number of amides is 1. The Hall–Kier alpha value is -1.87. The summed E-state index contributed by atoms with van der Waals surface area (Å²) in [5, 5.41) is 0.306. The van der Waals surface area contributed by atoms with Crippen LogP contribution in [0.2, 0.25) is 5.02 Å². The molecular weight excluding hydrogens is 289 g/mol. The normalized spacial score (nSPS) is 13.9. The molecular formula is C17H15ClFNO. The van der Waals surface area contributed by atoms with E-state index in [2.05, 4.69) is 6.07 Å². The van der Waals surface area contributed by atoms with Gasteiger partial charge in [0.15, 0.2) is 0 Å². The lowest BCUT2D eigenvalue weighted by Crippen LogP contribution is -2.37. The predicted molar refractivity (Wildman–Crippen MR) is 80.7 cm³/mol. The number of fused-ring (bicyclic) bond motifs is 1. The van der Waals surface area contributed by atoms with Crippen molar-refractivity contribution in [2.75, 3.05) is 6.54 Å². The van der Waals surface area contributed by atoms with E-state index in [4.69, 9.17) is 11.6 Å². The maximum absolute atomic E-state index is 13.8.